The highest BCUT2D eigenvalue weighted by Crippen LogP contribution is 2.26. The average molecular weight is 460 g/mol. The number of esters is 1. The SMILES string of the molecule is COc1ccc(C(NC(=O)COC(=O)c2c(C)nn3cccnc23)c2ccc(OC)cc2)cc1. The number of rotatable bonds is 8. The Morgan fingerprint density at radius 2 is 1.56 bits per heavy atom. The summed E-state index contributed by atoms with van der Waals surface area (Å²) in [5, 5.41) is 7.19. The maximum absolute atomic E-state index is 12.8. The van der Waals surface area contributed by atoms with E-state index >= 15 is 0 Å². The molecule has 9 nitrogen and oxygen atoms in total. The minimum atomic E-state index is -0.660. The zero-order valence-electron chi connectivity index (χ0n) is 19.0. The molecule has 2 heterocycles. The summed E-state index contributed by atoms with van der Waals surface area (Å²) in [6, 6.07) is 16.0. The number of aryl methyl sites for hydroxylation is 1. The van der Waals surface area contributed by atoms with Crippen LogP contribution in [-0.2, 0) is 9.53 Å². The van der Waals surface area contributed by atoms with Crippen molar-refractivity contribution in [3.63, 3.8) is 0 Å². The molecular weight excluding hydrogens is 436 g/mol. The van der Waals surface area contributed by atoms with Crippen LogP contribution in [0.25, 0.3) is 5.65 Å². The number of ether oxygens (including phenoxy) is 3. The number of methoxy groups -OCH3 is 2. The number of benzene rings is 2. The number of aromatic nitrogens is 3. The van der Waals surface area contributed by atoms with Gasteiger partial charge >= 0.3 is 5.97 Å². The lowest BCUT2D eigenvalue weighted by atomic mass is 9.98. The van der Waals surface area contributed by atoms with Gasteiger partial charge in [-0.1, -0.05) is 24.3 Å². The normalized spacial score (nSPS) is 10.8. The van der Waals surface area contributed by atoms with Gasteiger partial charge in [0, 0.05) is 12.4 Å². The van der Waals surface area contributed by atoms with Gasteiger partial charge in [-0.3, -0.25) is 4.79 Å². The predicted molar refractivity (Wildman–Crippen MR) is 124 cm³/mol. The van der Waals surface area contributed by atoms with Crippen molar-refractivity contribution in [1.29, 1.82) is 0 Å². The van der Waals surface area contributed by atoms with E-state index in [1.54, 1.807) is 39.6 Å². The molecule has 9 heteroatoms. The third-order valence-corrected chi connectivity index (χ3v) is 5.31. The van der Waals surface area contributed by atoms with Crippen molar-refractivity contribution >= 4 is 17.5 Å². The molecule has 1 N–H and O–H groups in total. The minimum absolute atomic E-state index is 0.232. The second kappa shape index (κ2) is 10.0. The molecule has 0 radical (unpaired) electrons. The van der Waals surface area contributed by atoms with Crippen LogP contribution in [0.5, 0.6) is 11.5 Å². The Bertz CT molecular complexity index is 1250. The molecule has 0 aliphatic rings. The summed E-state index contributed by atoms with van der Waals surface area (Å²) in [6.45, 7) is 1.24. The summed E-state index contributed by atoms with van der Waals surface area (Å²) in [5.41, 5.74) is 2.76. The molecule has 34 heavy (non-hydrogen) atoms. The molecule has 2 aromatic carbocycles. The average Bonchev–Trinajstić information content (AvgIpc) is 3.21. The van der Waals surface area contributed by atoms with E-state index in [1.165, 1.54) is 4.52 Å². The van der Waals surface area contributed by atoms with E-state index in [1.807, 2.05) is 48.5 Å². The molecule has 1 amide bonds. The van der Waals surface area contributed by atoms with E-state index in [2.05, 4.69) is 15.4 Å². The minimum Gasteiger partial charge on any atom is -0.497 e. The molecule has 0 bridgehead atoms. The Morgan fingerprint density at radius 3 is 2.12 bits per heavy atom. The van der Waals surface area contributed by atoms with Gasteiger partial charge in [-0.05, 0) is 48.4 Å². The Labute approximate surface area is 196 Å². The first-order valence-corrected chi connectivity index (χ1v) is 10.5. The first kappa shape index (κ1) is 22.8. The van der Waals surface area contributed by atoms with Crippen LogP contribution in [0.1, 0.15) is 33.2 Å². The fraction of sp³-hybridized carbons (Fsp3) is 0.200. The van der Waals surface area contributed by atoms with E-state index in [4.69, 9.17) is 14.2 Å². The van der Waals surface area contributed by atoms with Crippen molar-refractivity contribution in [2.75, 3.05) is 20.8 Å². The molecule has 0 unspecified atom stereocenters. The third kappa shape index (κ3) is 4.83. The van der Waals surface area contributed by atoms with Crippen molar-refractivity contribution in [3.8, 4) is 11.5 Å². The maximum Gasteiger partial charge on any atom is 0.344 e. The number of hydrogen-bond acceptors (Lipinski definition) is 7. The number of carbonyl (C=O) groups excluding carboxylic acids is 2. The van der Waals surface area contributed by atoms with Crippen LogP contribution in [0.3, 0.4) is 0 Å². The van der Waals surface area contributed by atoms with Gasteiger partial charge in [-0.2, -0.15) is 5.10 Å². The third-order valence-electron chi connectivity index (χ3n) is 5.31. The first-order chi connectivity index (χ1) is 16.5. The number of nitrogens with one attached hydrogen (secondary N) is 1. The predicted octanol–water partition coefficient (Wildman–Crippen LogP) is 3.12. The van der Waals surface area contributed by atoms with Crippen LogP contribution in [0, 0.1) is 6.92 Å². The molecule has 174 valence electrons. The zero-order chi connectivity index (χ0) is 24.1. The highest BCUT2D eigenvalue weighted by atomic mass is 16.5. The Balaban J connectivity index is 1.50. The Hall–Kier alpha value is -4.40. The van der Waals surface area contributed by atoms with Crippen LogP contribution in [0.4, 0.5) is 0 Å². The first-order valence-electron chi connectivity index (χ1n) is 10.5. The van der Waals surface area contributed by atoms with Crippen molar-refractivity contribution in [1.82, 2.24) is 19.9 Å². The Kier molecular flexibility index (Phi) is 6.72. The summed E-state index contributed by atoms with van der Waals surface area (Å²) in [7, 11) is 3.18. The van der Waals surface area contributed by atoms with Crippen molar-refractivity contribution in [3.05, 3.63) is 89.4 Å². The van der Waals surface area contributed by atoms with E-state index in [-0.39, 0.29) is 5.56 Å². The summed E-state index contributed by atoms with van der Waals surface area (Å²) in [4.78, 5) is 29.7. The summed E-state index contributed by atoms with van der Waals surface area (Å²) in [6.07, 6.45) is 3.25. The van der Waals surface area contributed by atoms with Gasteiger partial charge in [0.2, 0.25) is 0 Å². The molecule has 4 aromatic rings. The molecule has 0 aliphatic heterocycles. The Morgan fingerprint density at radius 1 is 0.971 bits per heavy atom. The lowest BCUT2D eigenvalue weighted by Crippen LogP contribution is -2.33. The molecule has 4 rings (SSSR count). The largest absolute Gasteiger partial charge is 0.497 e. The molecule has 0 atom stereocenters. The number of carbonyl (C=O) groups is 2. The molecular formula is C25H24N4O5. The second-order valence-electron chi connectivity index (χ2n) is 7.47. The number of nitrogens with zero attached hydrogens (tertiary/aromatic N) is 3. The van der Waals surface area contributed by atoms with Gasteiger partial charge < -0.3 is 19.5 Å². The van der Waals surface area contributed by atoms with Crippen LogP contribution >= 0.6 is 0 Å². The fourth-order valence-corrected chi connectivity index (χ4v) is 3.59. The van der Waals surface area contributed by atoms with Crippen LogP contribution in [0.2, 0.25) is 0 Å². The molecule has 0 saturated carbocycles. The van der Waals surface area contributed by atoms with Gasteiger partial charge in [-0.15, -0.1) is 0 Å². The van der Waals surface area contributed by atoms with E-state index in [0.29, 0.717) is 22.8 Å². The summed E-state index contributed by atoms with van der Waals surface area (Å²) >= 11 is 0. The van der Waals surface area contributed by atoms with Gasteiger partial charge in [-0.25, -0.2) is 14.3 Å². The van der Waals surface area contributed by atoms with Crippen molar-refractivity contribution in [2.24, 2.45) is 0 Å². The van der Waals surface area contributed by atoms with Crippen LogP contribution < -0.4 is 14.8 Å². The fourth-order valence-electron chi connectivity index (χ4n) is 3.59. The van der Waals surface area contributed by atoms with Gasteiger partial charge in [0.1, 0.15) is 17.1 Å². The number of hydrogen-bond donors (Lipinski definition) is 1. The van der Waals surface area contributed by atoms with Crippen molar-refractivity contribution in [2.45, 2.75) is 13.0 Å². The monoisotopic (exact) mass is 460 g/mol. The van der Waals surface area contributed by atoms with Gasteiger partial charge in [0.05, 0.1) is 26.0 Å². The molecule has 0 saturated heterocycles. The molecule has 0 aliphatic carbocycles. The topological polar surface area (TPSA) is 104 Å². The highest BCUT2D eigenvalue weighted by molar-refractivity contribution is 5.98. The van der Waals surface area contributed by atoms with E-state index in [9.17, 15) is 9.59 Å². The number of fused-ring (bicyclic) bond motifs is 1. The lowest BCUT2D eigenvalue weighted by Gasteiger charge is -2.20. The second-order valence-corrected chi connectivity index (χ2v) is 7.47. The molecule has 0 spiro atoms. The van der Waals surface area contributed by atoms with Crippen LogP contribution in [-0.4, -0.2) is 47.3 Å². The standard InChI is InChI=1S/C25H24N4O5/c1-16-22(24-26-13-4-14-29(24)28-16)25(31)34-15-21(30)27-23(17-5-9-19(32-2)10-6-17)18-7-11-20(33-3)12-8-18/h4-14,23H,15H2,1-3H3,(H,27,30). The lowest BCUT2D eigenvalue weighted by molar-refractivity contribution is -0.124. The van der Waals surface area contributed by atoms with Crippen LogP contribution in [0.15, 0.2) is 67.0 Å². The summed E-state index contributed by atoms with van der Waals surface area (Å²) in [5.74, 6) is 0.295. The van der Waals surface area contributed by atoms with Gasteiger partial charge in [0.25, 0.3) is 5.91 Å². The summed E-state index contributed by atoms with van der Waals surface area (Å²) < 4.78 is 17.3. The van der Waals surface area contributed by atoms with E-state index in [0.717, 1.165) is 11.1 Å². The highest BCUT2D eigenvalue weighted by Gasteiger charge is 2.22. The number of amides is 1. The quantitative estimate of drug-likeness (QED) is 0.403. The smallest absolute Gasteiger partial charge is 0.344 e. The van der Waals surface area contributed by atoms with E-state index < -0.39 is 24.5 Å². The van der Waals surface area contributed by atoms with Crippen molar-refractivity contribution < 1.29 is 23.8 Å². The molecule has 2 aromatic heterocycles. The zero-order valence-corrected chi connectivity index (χ0v) is 19.0. The van der Waals surface area contributed by atoms with Gasteiger partial charge in [0.15, 0.2) is 12.3 Å². The maximum atomic E-state index is 12.8. The molecule has 0 fully saturated rings.